The Morgan fingerprint density at radius 2 is 2.09 bits per heavy atom. The van der Waals surface area contributed by atoms with Gasteiger partial charge in [0, 0.05) is 34.7 Å². The number of benzene rings is 1. The predicted octanol–water partition coefficient (Wildman–Crippen LogP) is 3.20. The van der Waals surface area contributed by atoms with Gasteiger partial charge in [-0.05, 0) is 49.8 Å². The van der Waals surface area contributed by atoms with Crippen LogP contribution in [0.5, 0.6) is 5.75 Å². The fraction of sp³-hybridized carbons (Fsp3) is 0.591. The van der Waals surface area contributed by atoms with Crippen LogP contribution in [0.25, 0.3) is 0 Å². The molecule has 1 amide bonds. The third-order valence-electron chi connectivity index (χ3n) is 7.48. The number of rotatable bonds is 6. The fourth-order valence-corrected chi connectivity index (χ4v) is 5.89. The smallest absolute Gasteiger partial charge is 0.480 e. The lowest BCUT2D eigenvalue weighted by molar-refractivity contribution is -0.326. The third kappa shape index (κ3) is 3.74. The molecule has 12 heteroatoms. The number of fused-ring (bicyclic) bond motifs is 1. The number of aliphatic hydroxyl groups excluding tert-OH is 1. The van der Waals surface area contributed by atoms with Gasteiger partial charge in [-0.2, -0.15) is 0 Å². The number of aromatic nitrogens is 3. The molecule has 4 aliphatic carbocycles. The number of ether oxygens (including phenoxy) is 2. The number of halogens is 4. The van der Waals surface area contributed by atoms with Crippen LogP contribution in [0.4, 0.5) is 13.2 Å². The molecule has 2 heterocycles. The lowest BCUT2D eigenvalue weighted by Crippen LogP contribution is -2.79. The van der Waals surface area contributed by atoms with Gasteiger partial charge in [0.1, 0.15) is 5.75 Å². The lowest BCUT2D eigenvalue weighted by atomic mass is 9.44. The van der Waals surface area contributed by atoms with Crippen molar-refractivity contribution in [2.24, 2.45) is 5.92 Å². The molecule has 34 heavy (non-hydrogen) atoms. The van der Waals surface area contributed by atoms with E-state index < -0.39 is 18.6 Å². The summed E-state index contributed by atoms with van der Waals surface area (Å²) in [5.41, 5.74) is 0.704. The number of aliphatic hydroxyl groups is 1. The van der Waals surface area contributed by atoms with Crippen LogP contribution in [-0.4, -0.2) is 50.6 Å². The first-order valence-corrected chi connectivity index (χ1v) is 11.5. The maximum Gasteiger partial charge on any atom is 0.522 e. The summed E-state index contributed by atoms with van der Waals surface area (Å²) in [7, 11) is 0. The lowest BCUT2D eigenvalue weighted by Gasteiger charge is -2.69. The van der Waals surface area contributed by atoms with Gasteiger partial charge >= 0.3 is 6.36 Å². The Balaban J connectivity index is 1.03. The number of amides is 1. The summed E-state index contributed by atoms with van der Waals surface area (Å²) in [5, 5.41) is 22.4. The Hall–Kier alpha value is -2.37. The molecule has 2 unspecified atom stereocenters. The van der Waals surface area contributed by atoms with Crippen molar-refractivity contribution in [3.63, 3.8) is 0 Å². The highest BCUT2D eigenvalue weighted by Crippen LogP contribution is 2.65. The van der Waals surface area contributed by atoms with Gasteiger partial charge in [0.25, 0.3) is 5.91 Å². The molecule has 0 spiro atoms. The highest BCUT2D eigenvalue weighted by atomic mass is 35.5. The minimum absolute atomic E-state index is 0.0650. The van der Waals surface area contributed by atoms with Gasteiger partial charge in [-0.15, -0.1) is 18.3 Å². The average Bonchev–Trinajstić information content (AvgIpc) is 3.34. The first kappa shape index (κ1) is 22.1. The molecule has 7 rings (SSSR count). The molecule has 4 saturated carbocycles. The Morgan fingerprint density at radius 3 is 2.82 bits per heavy atom. The molecule has 1 aliphatic heterocycles. The molecule has 8 nitrogen and oxygen atoms in total. The van der Waals surface area contributed by atoms with Gasteiger partial charge in [0.2, 0.25) is 0 Å². The van der Waals surface area contributed by atoms with E-state index in [1.54, 1.807) is 22.9 Å². The van der Waals surface area contributed by atoms with Gasteiger partial charge in [0.15, 0.2) is 6.10 Å². The SMILES string of the molecule is O=C(NC12CC(n3cc(C4CC4COC(F)(F)F)nn3)(C1)C2)[C@H]1C[C@@H](O)c2cc(Cl)ccc2O1. The number of nitrogens with one attached hydrogen (secondary N) is 1. The summed E-state index contributed by atoms with van der Waals surface area (Å²) in [6.07, 6.45) is -1.60. The zero-order valence-electron chi connectivity index (χ0n) is 17.9. The van der Waals surface area contributed by atoms with E-state index in [0.29, 0.717) is 47.7 Å². The van der Waals surface area contributed by atoms with Gasteiger partial charge in [0.05, 0.1) is 23.9 Å². The van der Waals surface area contributed by atoms with Crippen LogP contribution in [0, 0.1) is 5.92 Å². The van der Waals surface area contributed by atoms with E-state index in [0.717, 1.165) is 0 Å². The second-order valence-electron chi connectivity index (χ2n) is 10.0. The minimum Gasteiger partial charge on any atom is -0.480 e. The van der Waals surface area contributed by atoms with Crippen LogP contribution in [0.15, 0.2) is 24.4 Å². The molecule has 0 radical (unpaired) electrons. The second-order valence-corrected chi connectivity index (χ2v) is 10.4. The van der Waals surface area contributed by atoms with Crippen molar-refractivity contribution in [2.75, 3.05) is 6.61 Å². The molecule has 2 bridgehead atoms. The summed E-state index contributed by atoms with van der Waals surface area (Å²) in [4.78, 5) is 12.9. The summed E-state index contributed by atoms with van der Waals surface area (Å²) >= 11 is 5.98. The molecule has 4 fully saturated rings. The van der Waals surface area contributed by atoms with E-state index in [-0.39, 0.29) is 41.8 Å². The summed E-state index contributed by atoms with van der Waals surface area (Å²) < 4.78 is 48.2. The fourth-order valence-electron chi connectivity index (χ4n) is 5.70. The Morgan fingerprint density at radius 1 is 1.32 bits per heavy atom. The van der Waals surface area contributed by atoms with Crippen molar-refractivity contribution in [3.05, 3.63) is 40.7 Å². The molecular weight excluding hydrogens is 477 g/mol. The van der Waals surface area contributed by atoms with Crippen molar-refractivity contribution < 1.29 is 32.5 Å². The van der Waals surface area contributed by atoms with Gasteiger partial charge in [-0.1, -0.05) is 16.8 Å². The number of hydrogen-bond donors (Lipinski definition) is 2. The van der Waals surface area contributed by atoms with Crippen molar-refractivity contribution >= 4 is 17.5 Å². The first-order valence-electron chi connectivity index (χ1n) is 11.1. The first-order chi connectivity index (χ1) is 16.0. The number of hydrogen-bond acceptors (Lipinski definition) is 6. The molecule has 2 aromatic rings. The van der Waals surface area contributed by atoms with Crippen LogP contribution >= 0.6 is 11.6 Å². The minimum atomic E-state index is -4.62. The monoisotopic (exact) mass is 498 g/mol. The van der Waals surface area contributed by atoms with Crippen molar-refractivity contribution in [1.82, 2.24) is 20.3 Å². The molecule has 2 N–H and O–H groups in total. The number of nitrogens with zero attached hydrogens (tertiary/aromatic N) is 3. The molecule has 4 atom stereocenters. The Kier molecular flexibility index (Phi) is 4.76. The zero-order valence-corrected chi connectivity index (χ0v) is 18.6. The van der Waals surface area contributed by atoms with Crippen LogP contribution in [0.2, 0.25) is 5.02 Å². The number of carbonyl (C=O) groups excluding carboxylic acids is 1. The molecule has 182 valence electrons. The topological polar surface area (TPSA) is 98.5 Å². The van der Waals surface area contributed by atoms with Gasteiger partial charge in [-0.3, -0.25) is 9.53 Å². The molecule has 5 aliphatic rings. The highest BCUT2D eigenvalue weighted by Gasteiger charge is 2.70. The molecule has 1 aromatic heterocycles. The van der Waals surface area contributed by atoms with E-state index in [1.807, 2.05) is 6.20 Å². The second kappa shape index (κ2) is 7.32. The molecule has 0 saturated heterocycles. The summed E-state index contributed by atoms with van der Waals surface area (Å²) in [6, 6.07) is 4.94. The van der Waals surface area contributed by atoms with Crippen LogP contribution in [0.1, 0.15) is 55.4 Å². The standard InChI is InChI=1S/C22H22ClF3N4O4/c23-12-1-2-17-14(4-12)16(31)5-18(34-17)19(32)27-20-8-21(9-20,10-20)30-6-15(28-29-30)13-3-11(13)7-33-22(24,25)26/h1-2,4,6,11,13,16,18,31H,3,5,7-10H2,(H,27,32)/t11?,13?,16-,18-,20?,21?/m1/s1. The highest BCUT2D eigenvalue weighted by molar-refractivity contribution is 6.30. The van der Waals surface area contributed by atoms with E-state index in [9.17, 15) is 23.1 Å². The number of alkyl halides is 3. The normalized spacial score (nSPS) is 35.4. The predicted molar refractivity (Wildman–Crippen MR) is 111 cm³/mol. The average molecular weight is 499 g/mol. The van der Waals surface area contributed by atoms with Crippen molar-refractivity contribution in [2.45, 2.75) is 67.7 Å². The third-order valence-corrected chi connectivity index (χ3v) is 7.72. The molecular formula is C22H22ClF3N4O4. The van der Waals surface area contributed by atoms with Crippen molar-refractivity contribution in [1.29, 1.82) is 0 Å². The maximum absolute atomic E-state index is 12.9. The Bertz CT molecular complexity index is 1140. The van der Waals surface area contributed by atoms with Crippen LogP contribution in [0.3, 0.4) is 0 Å². The summed E-state index contributed by atoms with van der Waals surface area (Å²) in [6.45, 7) is -0.364. The molecule has 1 aromatic carbocycles. The van der Waals surface area contributed by atoms with E-state index in [4.69, 9.17) is 16.3 Å². The van der Waals surface area contributed by atoms with E-state index >= 15 is 0 Å². The van der Waals surface area contributed by atoms with Gasteiger partial charge in [-0.25, -0.2) is 4.68 Å². The largest absolute Gasteiger partial charge is 0.522 e. The zero-order chi connectivity index (χ0) is 23.9. The summed E-state index contributed by atoms with van der Waals surface area (Å²) in [5.74, 6) is -0.0774. The number of carbonyl (C=O) groups is 1. The van der Waals surface area contributed by atoms with Crippen LogP contribution in [-0.2, 0) is 15.1 Å². The van der Waals surface area contributed by atoms with E-state index in [1.165, 1.54) is 0 Å². The van der Waals surface area contributed by atoms with E-state index in [2.05, 4.69) is 20.4 Å². The quantitative estimate of drug-likeness (QED) is 0.634. The van der Waals surface area contributed by atoms with Crippen LogP contribution < -0.4 is 10.1 Å². The maximum atomic E-state index is 12.9. The Labute approximate surface area is 197 Å². The van der Waals surface area contributed by atoms with Crippen molar-refractivity contribution in [3.8, 4) is 5.75 Å². The van der Waals surface area contributed by atoms with Gasteiger partial charge < -0.3 is 15.2 Å².